The van der Waals surface area contributed by atoms with Gasteiger partial charge in [-0.1, -0.05) is 6.92 Å². The van der Waals surface area contributed by atoms with Crippen LogP contribution >= 0.6 is 0 Å². The van der Waals surface area contributed by atoms with Gasteiger partial charge in [0.2, 0.25) is 0 Å². The van der Waals surface area contributed by atoms with Crippen LogP contribution in [0.4, 0.5) is 0 Å². The van der Waals surface area contributed by atoms with Gasteiger partial charge in [-0.25, -0.2) is 0 Å². The van der Waals surface area contributed by atoms with E-state index >= 15 is 0 Å². The smallest absolute Gasteiger partial charge is 0.266 e. The maximum atomic E-state index is 10.4. The number of nitrogens with zero attached hydrogens (tertiary/aromatic N) is 1. The molecule has 0 bridgehead atoms. The Kier molecular flexibility index (Phi) is 6.21. The molecule has 7 heteroatoms. The molecule has 0 aliphatic rings. The lowest BCUT2D eigenvalue weighted by Crippen LogP contribution is -2.41. The highest BCUT2D eigenvalue weighted by Gasteiger charge is 2.17. The first-order valence-corrected chi connectivity index (χ1v) is 5.96. The van der Waals surface area contributed by atoms with E-state index in [-0.39, 0.29) is 25.9 Å². The lowest BCUT2D eigenvalue weighted by Gasteiger charge is -2.26. The van der Waals surface area contributed by atoms with E-state index in [4.69, 9.17) is 14.8 Å². The highest BCUT2D eigenvalue weighted by molar-refractivity contribution is 7.85. The first kappa shape index (κ1) is 13.8. The van der Waals surface area contributed by atoms with Gasteiger partial charge in [-0.2, -0.15) is 8.42 Å². The van der Waals surface area contributed by atoms with E-state index < -0.39 is 15.9 Å². The molecule has 3 N–H and O–H groups in total. The Hall–Kier alpha value is -0.210. The van der Waals surface area contributed by atoms with Gasteiger partial charge in [0, 0.05) is 12.6 Å². The Morgan fingerprint density at radius 1 is 1.36 bits per heavy atom. The Morgan fingerprint density at radius 2 is 1.93 bits per heavy atom. The zero-order valence-electron chi connectivity index (χ0n) is 8.13. The molecule has 0 saturated carbocycles. The average Bonchev–Trinajstić information content (AvgIpc) is 2.10. The fourth-order valence-electron chi connectivity index (χ4n) is 1.10. The Balaban J connectivity index is 4.14. The van der Waals surface area contributed by atoms with Crippen LogP contribution in [-0.4, -0.2) is 59.8 Å². The van der Waals surface area contributed by atoms with Crippen LogP contribution in [0.15, 0.2) is 0 Å². The third-order valence-electron chi connectivity index (χ3n) is 2.02. The first-order chi connectivity index (χ1) is 6.44. The molecule has 1 unspecified atom stereocenters. The molecule has 1 atom stereocenters. The quantitative estimate of drug-likeness (QED) is 0.377. The average molecular weight is 227 g/mol. The molecule has 0 radical (unpaired) electrons. The first-order valence-electron chi connectivity index (χ1n) is 4.35. The molecule has 0 heterocycles. The van der Waals surface area contributed by atoms with Crippen LogP contribution in [0.25, 0.3) is 0 Å². The van der Waals surface area contributed by atoms with Crippen LogP contribution in [0.2, 0.25) is 0 Å². The zero-order chi connectivity index (χ0) is 11.2. The molecule has 0 aromatic rings. The van der Waals surface area contributed by atoms with E-state index in [1.165, 1.54) is 4.90 Å². The summed E-state index contributed by atoms with van der Waals surface area (Å²) in [5.74, 6) is -0.440. The van der Waals surface area contributed by atoms with Crippen molar-refractivity contribution in [2.24, 2.45) is 0 Å². The van der Waals surface area contributed by atoms with E-state index in [9.17, 15) is 8.42 Å². The number of rotatable bonds is 7. The Labute approximate surface area is 83.9 Å². The summed E-state index contributed by atoms with van der Waals surface area (Å²) in [6, 6.07) is -0.276. The fraction of sp³-hybridized carbons (Fsp3) is 1.00. The molecule has 0 spiro atoms. The lowest BCUT2D eigenvalue weighted by molar-refractivity contribution is 0.0431. The van der Waals surface area contributed by atoms with Crippen molar-refractivity contribution in [3.05, 3.63) is 0 Å². The minimum absolute atomic E-state index is 0.00833. The zero-order valence-corrected chi connectivity index (χ0v) is 8.94. The van der Waals surface area contributed by atoms with Crippen molar-refractivity contribution in [2.45, 2.75) is 19.4 Å². The molecular formula is C7H17NO5S. The normalized spacial score (nSPS) is 14.6. The molecule has 86 valence electrons. The third kappa shape index (κ3) is 5.51. The highest BCUT2D eigenvalue weighted by Crippen LogP contribution is 2.02. The second kappa shape index (κ2) is 6.31. The summed E-state index contributed by atoms with van der Waals surface area (Å²) in [6.07, 6.45) is 0.600. The van der Waals surface area contributed by atoms with Gasteiger partial charge in [-0.15, -0.1) is 0 Å². The largest absolute Gasteiger partial charge is 0.395 e. The van der Waals surface area contributed by atoms with Crippen molar-refractivity contribution in [3.63, 3.8) is 0 Å². The lowest BCUT2D eigenvalue weighted by atomic mass is 10.2. The molecule has 0 aliphatic carbocycles. The van der Waals surface area contributed by atoms with E-state index in [0.717, 1.165) is 0 Å². The van der Waals surface area contributed by atoms with Gasteiger partial charge in [-0.05, 0) is 6.42 Å². The maximum absolute atomic E-state index is 10.4. The van der Waals surface area contributed by atoms with E-state index in [1.807, 2.05) is 6.92 Å². The molecule has 0 aromatic carbocycles. The second-order valence-corrected chi connectivity index (χ2v) is 4.56. The van der Waals surface area contributed by atoms with Crippen molar-refractivity contribution in [1.82, 2.24) is 4.90 Å². The van der Waals surface area contributed by atoms with Crippen LogP contribution < -0.4 is 0 Å². The van der Waals surface area contributed by atoms with Crippen molar-refractivity contribution in [3.8, 4) is 0 Å². The van der Waals surface area contributed by atoms with Gasteiger partial charge in [0.1, 0.15) is 0 Å². The van der Waals surface area contributed by atoms with Gasteiger partial charge in [0.05, 0.1) is 19.1 Å². The molecule has 0 aromatic heterocycles. The van der Waals surface area contributed by atoms with Crippen LogP contribution in [0, 0.1) is 0 Å². The number of hydrogen-bond acceptors (Lipinski definition) is 5. The summed E-state index contributed by atoms with van der Waals surface area (Å²) in [5, 5.41) is 17.8. The van der Waals surface area contributed by atoms with Crippen LogP contribution in [0.3, 0.4) is 0 Å². The predicted molar refractivity (Wildman–Crippen MR) is 51.4 cm³/mol. The summed E-state index contributed by atoms with van der Waals surface area (Å²) >= 11 is 0. The van der Waals surface area contributed by atoms with Crippen molar-refractivity contribution < 1.29 is 23.2 Å². The summed E-state index contributed by atoms with van der Waals surface area (Å²) < 4.78 is 29.4. The number of hydrogen-bond donors (Lipinski definition) is 3. The fourth-order valence-corrected chi connectivity index (χ4v) is 1.57. The summed E-state index contributed by atoms with van der Waals surface area (Å²) in [5.41, 5.74) is 0. The molecular weight excluding hydrogens is 210 g/mol. The summed E-state index contributed by atoms with van der Waals surface area (Å²) in [7, 11) is -4.01. The van der Waals surface area contributed by atoms with Gasteiger partial charge in [-0.3, -0.25) is 9.45 Å². The summed E-state index contributed by atoms with van der Waals surface area (Å²) in [4.78, 5) is 1.40. The standard InChI is InChI=1S/C7H17NO5S/c1-2-7(5-9)8(6-10)3-4-14(11,12)13/h7,9-10H,2-6H2,1H3,(H,11,12,13). The maximum Gasteiger partial charge on any atom is 0.266 e. The number of aliphatic hydroxyl groups excluding tert-OH is 2. The SMILES string of the molecule is CCC(CO)N(CO)CCS(=O)(=O)O. The molecule has 14 heavy (non-hydrogen) atoms. The minimum Gasteiger partial charge on any atom is -0.395 e. The van der Waals surface area contributed by atoms with Crippen molar-refractivity contribution in [1.29, 1.82) is 0 Å². The van der Waals surface area contributed by atoms with Gasteiger partial charge in [0.25, 0.3) is 10.1 Å². The Bertz CT molecular complexity index is 236. The van der Waals surface area contributed by atoms with Gasteiger partial charge >= 0.3 is 0 Å². The predicted octanol–water partition coefficient (Wildman–Crippen LogP) is -1.10. The molecule has 6 nitrogen and oxygen atoms in total. The topological polar surface area (TPSA) is 98.1 Å². The van der Waals surface area contributed by atoms with Crippen LogP contribution in [0.1, 0.15) is 13.3 Å². The highest BCUT2D eigenvalue weighted by atomic mass is 32.2. The Morgan fingerprint density at radius 3 is 2.21 bits per heavy atom. The second-order valence-electron chi connectivity index (χ2n) is 2.98. The summed E-state index contributed by atoms with van der Waals surface area (Å²) in [6.45, 7) is 1.34. The number of aliphatic hydroxyl groups is 2. The molecule has 0 amide bonds. The van der Waals surface area contributed by atoms with Crippen molar-refractivity contribution >= 4 is 10.1 Å². The minimum atomic E-state index is -4.01. The monoisotopic (exact) mass is 227 g/mol. The van der Waals surface area contributed by atoms with Gasteiger partial charge in [0.15, 0.2) is 0 Å². The van der Waals surface area contributed by atoms with Crippen LogP contribution in [0.5, 0.6) is 0 Å². The van der Waals surface area contributed by atoms with Gasteiger partial charge < -0.3 is 10.2 Å². The van der Waals surface area contributed by atoms with E-state index in [1.54, 1.807) is 0 Å². The van der Waals surface area contributed by atoms with E-state index in [0.29, 0.717) is 6.42 Å². The molecule has 0 aliphatic heterocycles. The molecule has 0 fully saturated rings. The van der Waals surface area contributed by atoms with Crippen LogP contribution in [-0.2, 0) is 10.1 Å². The third-order valence-corrected chi connectivity index (χ3v) is 2.71. The molecule has 0 saturated heterocycles. The van der Waals surface area contributed by atoms with E-state index in [2.05, 4.69) is 0 Å². The molecule has 0 rings (SSSR count). The van der Waals surface area contributed by atoms with Crippen molar-refractivity contribution in [2.75, 3.05) is 25.6 Å².